The lowest BCUT2D eigenvalue weighted by molar-refractivity contribution is -0.127. The van der Waals surface area contributed by atoms with Gasteiger partial charge < -0.3 is 10.2 Å². The molecule has 0 heterocycles. The molecule has 1 N–H and O–H groups in total. The standard InChI is InChI=1S/C15H27N3O2/c1-13(19)18(4)11-7-5-6-10-17-14(20)8-9-15(2,3)12-16/h5-11H2,1-4H3,(H,17,20). The third-order valence-electron chi connectivity index (χ3n) is 3.31. The van der Waals surface area contributed by atoms with E-state index in [0.717, 1.165) is 25.8 Å². The molecule has 114 valence electrons. The number of rotatable bonds is 9. The van der Waals surface area contributed by atoms with Gasteiger partial charge in [0.15, 0.2) is 0 Å². The zero-order valence-electron chi connectivity index (χ0n) is 13.2. The van der Waals surface area contributed by atoms with Crippen molar-refractivity contribution < 1.29 is 9.59 Å². The molecule has 0 atom stereocenters. The molecular formula is C15H27N3O2. The van der Waals surface area contributed by atoms with E-state index >= 15 is 0 Å². The highest BCUT2D eigenvalue weighted by Crippen LogP contribution is 2.20. The van der Waals surface area contributed by atoms with Crippen LogP contribution in [-0.4, -0.2) is 36.9 Å². The number of nitrogens with one attached hydrogen (secondary N) is 1. The molecule has 0 aromatic rings. The van der Waals surface area contributed by atoms with Crippen molar-refractivity contribution in [2.45, 2.75) is 52.9 Å². The molecule has 0 bridgehead atoms. The summed E-state index contributed by atoms with van der Waals surface area (Å²) in [4.78, 5) is 24.2. The van der Waals surface area contributed by atoms with Crippen molar-refractivity contribution in [3.8, 4) is 6.07 Å². The highest BCUT2D eigenvalue weighted by atomic mass is 16.2. The van der Waals surface area contributed by atoms with Gasteiger partial charge >= 0.3 is 0 Å². The van der Waals surface area contributed by atoms with E-state index in [-0.39, 0.29) is 11.8 Å². The van der Waals surface area contributed by atoms with Crippen molar-refractivity contribution in [2.75, 3.05) is 20.1 Å². The van der Waals surface area contributed by atoms with Gasteiger partial charge in [-0.1, -0.05) is 0 Å². The van der Waals surface area contributed by atoms with Crippen molar-refractivity contribution in [3.63, 3.8) is 0 Å². The molecule has 0 aliphatic carbocycles. The molecule has 0 aromatic carbocycles. The molecule has 0 aliphatic rings. The first-order valence-corrected chi connectivity index (χ1v) is 7.18. The molecule has 0 spiro atoms. The van der Waals surface area contributed by atoms with E-state index in [1.165, 1.54) is 0 Å². The SMILES string of the molecule is CC(=O)N(C)CCCCCNC(=O)CCC(C)(C)C#N. The molecule has 0 aromatic heterocycles. The van der Waals surface area contributed by atoms with E-state index < -0.39 is 5.41 Å². The normalized spacial score (nSPS) is 10.8. The second kappa shape index (κ2) is 9.35. The fourth-order valence-electron chi connectivity index (χ4n) is 1.61. The maximum absolute atomic E-state index is 11.6. The molecule has 20 heavy (non-hydrogen) atoms. The molecule has 0 fully saturated rings. The van der Waals surface area contributed by atoms with Crippen molar-refractivity contribution in [3.05, 3.63) is 0 Å². The first-order valence-electron chi connectivity index (χ1n) is 7.18. The van der Waals surface area contributed by atoms with Gasteiger partial charge in [0.05, 0.1) is 11.5 Å². The van der Waals surface area contributed by atoms with E-state index in [2.05, 4.69) is 11.4 Å². The van der Waals surface area contributed by atoms with Gasteiger partial charge in [-0.05, 0) is 39.5 Å². The lowest BCUT2D eigenvalue weighted by Crippen LogP contribution is -2.26. The minimum Gasteiger partial charge on any atom is -0.356 e. The highest BCUT2D eigenvalue weighted by Gasteiger charge is 2.17. The Labute approximate surface area is 122 Å². The smallest absolute Gasteiger partial charge is 0.220 e. The van der Waals surface area contributed by atoms with Gasteiger partial charge in [0.2, 0.25) is 11.8 Å². The number of nitriles is 1. The lowest BCUT2D eigenvalue weighted by atomic mass is 9.90. The number of carbonyl (C=O) groups excluding carboxylic acids is 2. The third kappa shape index (κ3) is 9.37. The van der Waals surface area contributed by atoms with Gasteiger partial charge in [-0.15, -0.1) is 0 Å². The van der Waals surface area contributed by atoms with Crippen LogP contribution in [0.1, 0.15) is 52.9 Å². The van der Waals surface area contributed by atoms with Crippen LogP contribution in [-0.2, 0) is 9.59 Å². The van der Waals surface area contributed by atoms with Gasteiger partial charge in [-0.25, -0.2) is 0 Å². The summed E-state index contributed by atoms with van der Waals surface area (Å²) in [7, 11) is 1.79. The minimum atomic E-state index is -0.436. The second-order valence-electron chi connectivity index (χ2n) is 5.85. The van der Waals surface area contributed by atoms with Crippen LogP contribution in [0.4, 0.5) is 0 Å². The van der Waals surface area contributed by atoms with Crippen LogP contribution >= 0.6 is 0 Å². The summed E-state index contributed by atoms with van der Waals surface area (Å²) in [6.07, 6.45) is 3.83. The summed E-state index contributed by atoms with van der Waals surface area (Å²) in [5, 5.41) is 11.7. The number of unbranched alkanes of at least 4 members (excludes halogenated alkanes) is 2. The average Bonchev–Trinajstić information content (AvgIpc) is 2.40. The van der Waals surface area contributed by atoms with E-state index in [1.54, 1.807) is 18.9 Å². The first kappa shape index (κ1) is 18.4. The Balaban J connectivity index is 3.54. The average molecular weight is 281 g/mol. The first-order chi connectivity index (χ1) is 9.28. The summed E-state index contributed by atoms with van der Waals surface area (Å²) >= 11 is 0. The Hall–Kier alpha value is -1.57. The van der Waals surface area contributed by atoms with E-state index in [0.29, 0.717) is 19.4 Å². The zero-order chi connectivity index (χ0) is 15.6. The molecule has 5 heteroatoms. The molecule has 0 saturated heterocycles. The Kier molecular flexibility index (Phi) is 8.62. The number of hydrogen-bond acceptors (Lipinski definition) is 3. The second-order valence-corrected chi connectivity index (χ2v) is 5.85. The Morgan fingerprint density at radius 1 is 1.25 bits per heavy atom. The van der Waals surface area contributed by atoms with Gasteiger partial charge in [-0.3, -0.25) is 9.59 Å². The highest BCUT2D eigenvalue weighted by molar-refractivity contribution is 5.75. The molecule has 0 unspecified atom stereocenters. The summed E-state index contributed by atoms with van der Waals surface area (Å²) in [6, 6.07) is 2.19. The summed E-state index contributed by atoms with van der Waals surface area (Å²) in [5.74, 6) is 0.0904. The fraction of sp³-hybridized carbons (Fsp3) is 0.800. The van der Waals surface area contributed by atoms with Crippen LogP contribution in [0.5, 0.6) is 0 Å². The van der Waals surface area contributed by atoms with Gasteiger partial charge in [0.1, 0.15) is 0 Å². The number of nitrogens with zero attached hydrogens (tertiary/aromatic N) is 2. The topological polar surface area (TPSA) is 73.2 Å². The lowest BCUT2D eigenvalue weighted by Gasteiger charge is -2.15. The van der Waals surface area contributed by atoms with Gasteiger partial charge in [0.25, 0.3) is 0 Å². The van der Waals surface area contributed by atoms with Crippen molar-refractivity contribution in [2.24, 2.45) is 5.41 Å². The molecule has 5 nitrogen and oxygen atoms in total. The Bertz CT molecular complexity index is 359. The van der Waals surface area contributed by atoms with Crippen molar-refractivity contribution >= 4 is 11.8 Å². The molecule has 0 saturated carbocycles. The summed E-state index contributed by atoms with van der Waals surface area (Å²) in [6.45, 7) is 6.66. The van der Waals surface area contributed by atoms with Crippen molar-refractivity contribution in [1.29, 1.82) is 5.26 Å². The van der Waals surface area contributed by atoms with Crippen molar-refractivity contribution in [1.82, 2.24) is 10.2 Å². The Morgan fingerprint density at radius 2 is 1.90 bits per heavy atom. The third-order valence-corrected chi connectivity index (χ3v) is 3.31. The number of carbonyl (C=O) groups is 2. The maximum Gasteiger partial charge on any atom is 0.220 e. The van der Waals surface area contributed by atoms with Crippen LogP contribution in [0.15, 0.2) is 0 Å². The zero-order valence-corrected chi connectivity index (χ0v) is 13.2. The fourth-order valence-corrected chi connectivity index (χ4v) is 1.61. The van der Waals surface area contributed by atoms with Crippen LogP contribution in [0.25, 0.3) is 0 Å². The quantitative estimate of drug-likeness (QED) is 0.658. The number of amides is 2. The van der Waals surface area contributed by atoms with E-state index in [9.17, 15) is 9.59 Å². The van der Waals surface area contributed by atoms with Crippen LogP contribution in [0.3, 0.4) is 0 Å². The molecule has 0 radical (unpaired) electrons. The van der Waals surface area contributed by atoms with Gasteiger partial charge in [-0.2, -0.15) is 5.26 Å². The number of hydrogen-bond donors (Lipinski definition) is 1. The Morgan fingerprint density at radius 3 is 2.45 bits per heavy atom. The van der Waals surface area contributed by atoms with Crippen LogP contribution in [0.2, 0.25) is 0 Å². The molecular weight excluding hydrogens is 254 g/mol. The van der Waals surface area contributed by atoms with Crippen LogP contribution in [0, 0.1) is 16.7 Å². The molecule has 2 amide bonds. The van der Waals surface area contributed by atoms with Crippen LogP contribution < -0.4 is 5.32 Å². The largest absolute Gasteiger partial charge is 0.356 e. The molecule has 0 rings (SSSR count). The monoisotopic (exact) mass is 281 g/mol. The van der Waals surface area contributed by atoms with E-state index in [4.69, 9.17) is 5.26 Å². The molecule has 0 aliphatic heterocycles. The summed E-state index contributed by atoms with van der Waals surface area (Å²) in [5.41, 5.74) is -0.436. The van der Waals surface area contributed by atoms with Gasteiger partial charge in [0, 0.05) is 33.5 Å². The minimum absolute atomic E-state index is 0.00850. The van der Waals surface area contributed by atoms with E-state index in [1.807, 2.05) is 13.8 Å². The predicted molar refractivity (Wildman–Crippen MR) is 78.8 cm³/mol. The predicted octanol–water partition coefficient (Wildman–Crippen LogP) is 2.08. The maximum atomic E-state index is 11.6. The summed E-state index contributed by atoms with van der Waals surface area (Å²) < 4.78 is 0.